The summed E-state index contributed by atoms with van der Waals surface area (Å²) in [5, 5.41) is 0. The lowest BCUT2D eigenvalue weighted by Gasteiger charge is -2.11. The molecule has 0 saturated heterocycles. The molecule has 0 amide bonds. The molecule has 0 rings (SSSR count). The van der Waals surface area contributed by atoms with Gasteiger partial charge in [-0.05, 0) is 46.3 Å². The number of hydrogen-bond acceptors (Lipinski definition) is 1. The van der Waals surface area contributed by atoms with Crippen molar-refractivity contribution in [3.63, 3.8) is 0 Å². The van der Waals surface area contributed by atoms with Gasteiger partial charge in [-0.1, -0.05) is 37.0 Å². The molecule has 2 radical (unpaired) electrons. The molecular formula is C13H24BN. The Bertz CT molecular complexity index is 197. The van der Waals surface area contributed by atoms with Crippen LogP contribution in [0.5, 0.6) is 0 Å². The van der Waals surface area contributed by atoms with Gasteiger partial charge in [0.15, 0.2) is 0 Å². The van der Waals surface area contributed by atoms with Crippen LogP contribution < -0.4 is 0 Å². The van der Waals surface area contributed by atoms with Gasteiger partial charge in [0, 0.05) is 0 Å². The van der Waals surface area contributed by atoms with Crippen molar-refractivity contribution in [3.05, 3.63) is 23.8 Å². The molecule has 15 heavy (non-hydrogen) atoms. The Hall–Kier alpha value is -0.495. The van der Waals surface area contributed by atoms with Crippen molar-refractivity contribution in [1.29, 1.82) is 0 Å². The van der Waals surface area contributed by atoms with E-state index >= 15 is 0 Å². The van der Waals surface area contributed by atoms with E-state index in [0.717, 1.165) is 25.7 Å². The van der Waals surface area contributed by atoms with Gasteiger partial charge in [-0.3, -0.25) is 0 Å². The summed E-state index contributed by atoms with van der Waals surface area (Å²) in [6.07, 6.45) is 10.7. The van der Waals surface area contributed by atoms with Crippen LogP contribution in [0.3, 0.4) is 0 Å². The summed E-state index contributed by atoms with van der Waals surface area (Å²) in [6.45, 7) is 6.58. The summed E-state index contributed by atoms with van der Waals surface area (Å²) in [5.74, 6) is 0. The second kappa shape index (κ2) is 10.0. The van der Waals surface area contributed by atoms with Crippen molar-refractivity contribution in [2.45, 2.75) is 39.4 Å². The molecule has 0 atom stereocenters. The third-order valence-corrected chi connectivity index (χ3v) is 2.59. The maximum absolute atomic E-state index is 5.51. The average molecular weight is 205 g/mol. The third kappa shape index (κ3) is 8.50. The molecule has 0 aliphatic heterocycles. The molecule has 2 heteroatoms. The number of hydrogen-bond donors (Lipinski definition) is 0. The molecule has 84 valence electrons. The van der Waals surface area contributed by atoms with Crippen LogP contribution in [0.2, 0.25) is 6.32 Å². The quantitative estimate of drug-likeness (QED) is 0.334. The molecule has 0 aliphatic carbocycles. The van der Waals surface area contributed by atoms with Crippen LogP contribution in [-0.4, -0.2) is 32.9 Å². The largest absolute Gasteiger partial charge is 0.307 e. The molecule has 0 aliphatic rings. The van der Waals surface area contributed by atoms with Gasteiger partial charge < -0.3 is 4.90 Å². The van der Waals surface area contributed by atoms with E-state index in [1.807, 2.05) is 0 Å². The number of allylic oxidation sites excluding steroid dienone is 4. The van der Waals surface area contributed by atoms with Gasteiger partial charge in [-0.2, -0.15) is 0 Å². The smallest absolute Gasteiger partial charge is 0.0657 e. The topological polar surface area (TPSA) is 3.24 Å². The molecule has 0 aromatic heterocycles. The number of unbranched alkanes of at least 4 members (excludes halogenated alkanes) is 1. The first-order valence-corrected chi connectivity index (χ1v) is 5.94. The van der Waals surface area contributed by atoms with Gasteiger partial charge in [0.05, 0.1) is 7.85 Å². The van der Waals surface area contributed by atoms with E-state index in [1.165, 1.54) is 18.5 Å². The molecule has 0 bridgehead atoms. The first-order valence-electron chi connectivity index (χ1n) is 5.94. The average Bonchev–Trinajstić information content (AvgIpc) is 2.26. The number of nitrogens with zero attached hydrogens (tertiary/aromatic N) is 1. The maximum atomic E-state index is 5.51. The van der Waals surface area contributed by atoms with Crippen LogP contribution in [0.25, 0.3) is 0 Å². The van der Waals surface area contributed by atoms with E-state index < -0.39 is 0 Å². The number of rotatable bonds is 8. The van der Waals surface area contributed by atoms with Gasteiger partial charge in [-0.15, -0.1) is 0 Å². The molecule has 0 N–H and O–H groups in total. The predicted octanol–water partition coefficient (Wildman–Crippen LogP) is 3.20. The highest BCUT2D eigenvalue weighted by molar-refractivity contribution is 6.08. The second-order valence-corrected chi connectivity index (χ2v) is 3.84. The summed E-state index contributed by atoms with van der Waals surface area (Å²) in [4.78, 5) is 2.34. The molecule has 1 nitrogen and oxygen atoms in total. The van der Waals surface area contributed by atoms with E-state index in [-0.39, 0.29) is 0 Å². The maximum Gasteiger partial charge on any atom is 0.0657 e. The van der Waals surface area contributed by atoms with Gasteiger partial charge in [0.25, 0.3) is 0 Å². The molecule has 0 aromatic rings. The Balaban J connectivity index is 3.61. The Morgan fingerprint density at radius 1 is 1.40 bits per heavy atom. The predicted molar refractivity (Wildman–Crippen MR) is 70.5 cm³/mol. The zero-order chi connectivity index (χ0) is 11.5. The van der Waals surface area contributed by atoms with Gasteiger partial charge in [0.2, 0.25) is 0 Å². The molecule has 0 spiro atoms. The molecule has 0 saturated carbocycles. The summed E-state index contributed by atoms with van der Waals surface area (Å²) in [5.41, 5.74) is 1.35. The molecular weight excluding hydrogens is 181 g/mol. The highest BCUT2D eigenvalue weighted by atomic mass is 15.1. The van der Waals surface area contributed by atoms with Crippen molar-refractivity contribution in [3.8, 4) is 0 Å². The lowest BCUT2D eigenvalue weighted by atomic mass is 9.97. The Kier molecular flexibility index (Phi) is 9.71. The molecule has 0 fully saturated rings. The third-order valence-electron chi connectivity index (χ3n) is 2.59. The van der Waals surface area contributed by atoms with Crippen molar-refractivity contribution >= 4 is 7.85 Å². The molecule has 0 aromatic carbocycles. The minimum Gasteiger partial charge on any atom is -0.307 e. The monoisotopic (exact) mass is 205 g/mol. The van der Waals surface area contributed by atoms with Crippen molar-refractivity contribution in [2.24, 2.45) is 0 Å². The van der Waals surface area contributed by atoms with Crippen molar-refractivity contribution in [1.82, 2.24) is 4.90 Å². The first kappa shape index (κ1) is 14.5. The van der Waals surface area contributed by atoms with E-state index in [0.29, 0.717) is 0 Å². The zero-order valence-electron chi connectivity index (χ0n) is 10.5. The summed E-state index contributed by atoms with van der Waals surface area (Å²) in [6, 6.07) is 0. The minimum absolute atomic E-state index is 0.739. The van der Waals surface area contributed by atoms with E-state index in [2.05, 4.69) is 44.0 Å². The SMILES string of the molecule is [B]CCC(/C=C\CCCN(C)CC)=C\C. The van der Waals surface area contributed by atoms with Crippen LogP contribution in [0.4, 0.5) is 0 Å². The van der Waals surface area contributed by atoms with Crippen LogP contribution in [0, 0.1) is 0 Å². The summed E-state index contributed by atoms with van der Waals surface area (Å²) < 4.78 is 0. The highest BCUT2D eigenvalue weighted by Gasteiger charge is 1.92. The lowest BCUT2D eigenvalue weighted by molar-refractivity contribution is 0.348. The van der Waals surface area contributed by atoms with Crippen molar-refractivity contribution < 1.29 is 0 Å². The van der Waals surface area contributed by atoms with Crippen LogP contribution in [-0.2, 0) is 0 Å². The Morgan fingerprint density at radius 3 is 2.67 bits per heavy atom. The van der Waals surface area contributed by atoms with Crippen LogP contribution in [0.15, 0.2) is 23.8 Å². The van der Waals surface area contributed by atoms with Gasteiger partial charge >= 0.3 is 0 Å². The van der Waals surface area contributed by atoms with E-state index in [9.17, 15) is 0 Å². The van der Waals surface area contributed by atoms with Gasteiger partial charge in [0.1, 0.15) is 0 Å². The highest BCUT2D eigenvalue weighted by Crippen LogP contribution is 2.06. The Labute approximate surface area is 96.7 Å². The van der Waals surface area contributed by atoms with E-state index in [4.69, 9.17) is 7.85 Å². The lowest BCUT2D eigenvalue weighted by Crippen LogP contribution is -2.18. The standard InChI is InChI=1S/C13H24BN/c1-4-13(10-11-14)9-7-6-8-12-15(3)5-2/h4,7,9H,5-6,8,10-12H2,1-3H3/b9-7-,13-4-. The summed E-state index contributed by atoms with van der Waals surface area (Å²) in [7, 11) is 7.67. The fourth-order valence-corrected chi connectivity index (χ4v) is 1.36. The second-order valence-electron chi connectivity index (χ2n) is 3.84. The van der Waals surface area contributed by atoms with Crippen LogP contribution in [0.1, 0.15) is 33.1 Å². The van der Waals surface area contributed by atoms with Gasteiger partial charge in [-0.25, -0.2) is 0 Å². The molecule has 0 heterocycles. The first-order chi connectivity index (χ1) is 7.24. The fraction of sp³-hybridized carbons (Fsp3) is 0.692. The van der Waals surface area contributed by atoms with Crippen molar-refractivity contribution in [2.75, 3.05) is 20.1 Å². The van der Waals surface area contributed by atoms with E-state index in [1.54, 1.807) is 0 Å². The Morgan fingerprint density at radius 2 is 2.13 bits per heavy atom. The van der Waals surface area contributed by atoms with Crippen LogP contribution >= 0.6 is 0 Å². The summed E-state index contributed by atoms with van der Waals surface area (Å²) >= 11 is 0. The molecule has 0 unspecified atom stereocenters. The zero-order valence-corrected chi connectivity index (χ0v) is 10.5. The fourth-order valence-electron chi connectivity index (χ4n) is 1.36. The normalized spacial score (nSPS) is 12.9. The minimum atomic E-state index is 0.739.